The molecule has 0 aromatic carbocycles. The third kappa shape index (κ3) is 2.88. The zero-order valence-electron chi connectivity index (χ0n) is 8.31. The van der Waals surface area contributed by atoms with Crippen molar-refractivity contribution < 1.29 is 31.3 Å². The topological polar surface area (TPSA) is 68.0 Å². The lowest BCUT2D eigenvalue weighted by Gasteiger charge is -2.17. The van der Waals surface area contributed by atoms with Gasteiger partial charge in [-0.25, -0.2) is 0 Å². The molecule has 5 nitrogen and oxygen atoms in total. The van der Waals surface area contributed by atoms with Crippen LogP contribution in [0.1, 0.15) is 11.7 Å². The smallest absolute Gasteiger partial charge is 0.341 e. The van der Waals surface area contributed by atoms with Gasteiger partial charge in [0.2, 0.25) is 5.89 Å². The van der Waals surface area contributed by atoms with Crippen molar-refractivity contribution in [3.05, 3.63) is 11.7 Å². The van der Waals surface area contributed by atoms with Crippen molar-refractivity contribution >= 4 is 5.91 Å². The van der Waals surface area contributed by atoms with E-state index in [-0.39, 0.29) is 11.7 Å². The zero-order chi connectivity index (χ0) is 13.3. The van der Waals surface area contributed by atoms with Gasteiger partial charge in [0.05, 0.1) is 6.54 Å². The maximum atomic E-state index is 12.4. The summed E-state index contributed by atoms with van der Waals surface area (Å²) in [5, 5.41) is 4.61. The molecule has 1 aromatic heterocycles. The van der Waals surface area contributed by atoms with Crippen LogP contribution < -0.4 is 5.32 Å². The summed E-state index contributed by atoms with van der Waals surface area (Å²) >= 11 is 0. The van der Waals surface area contributed by atoms with Crippen LogP contribution in [-0.4, -0.2) is 28.1 Å². The van der Waals surface area contributed by atoms with Crippen molar-refractivity contribution in [1.29, 1.82) is 0 Å². The first kappa shape index (κ1) is 13.3. The van der Waals surface area contributed by atoms with E-state index in [0.29, 0.717) is 0 Å². The van der Waals surface area contributed by atoms with E-state index in [4.69, 9.17) is 0 Å². The number of hydrogen-bond donors (Lipinski definition) is 1. The second-order valence-electron chi connectivity index (χ2n) is 2.99. The molecule has 0 atom stereocenters. The molecule has 0 fully saturated rings. The quantitative estimate of drug-likeness (QED) is 0.828. The van der Waals surface area contributed by atoms with Gasteiger partial charge in [-0.15, -0.1) is 0 Å². The number of halogens is 5. The number of hydrogen-bond acceptors (Lipinski definition) is 4. The Labute approximate surface area is 91.0 Å². The first-order chi connectivity index (χ1) is 7.64. The average Bonchev–Trinajstić information content (AvgIpc) is 2.58. The van der Waals surface area contributed by atoms with Crippen LogP contribution in [0, 0.1) is 6.92 Å². The van der Waals surface area contributed by atoms with Crippen molar-refractivity contribution in [2.24, 2.45) is 0 Å². The van der Waals surface area contributed by atoms with Crippen LogP contribution in [0.5, 0.6) is 0 Å². The molecular weight excluding hydrogens is 253 g/mol. The van der Waals surface area contributed by atoms with Crippen LogP contribution in [0.2, 0.25) is 0 Å². The van der Waals surface area contributed by atoms with Crippen LogP contribution >= 0.6 is 0 Å². The number of alkyl halides is 5. The SMILES string of the molecule is Cc1noc(CNC(=O)C(F)(F)C(F)(F)F)n1. The number of nitrogens with one attached hydrogen (secondary N) is 1. The minimum absolute atomic E-state index is 0.164. The van der Waals surface area contributed by atoms with E-state index in [1.165, 1.54) is 12.2 Å². The molecule has 0 spiro atoms. The molecule has 0 aliphatic carbocycles. The third-order valence-electron chi connectivity index (χ3n) is 1.61. The fourth-order valence-electron chi connectivity index (χ4n) is 0.807. The summed E-state index contributed by atoms with van der Waals surface area (Å²) in [4.78, 5) is 14.1. The first-order valence-corrected chi connectivity index (χ1v) is 4.16. The highest BCUT2D eigenvalue weighted by molar-refractivity contribution is 5.84. The second kappa shape index (κ2) is 4.26. The van der Waals surface area contributed by atoms with Gasteiger partial charge in [0.1, 0.15) is 0 Å². The summed E-state index contributed by atoms with van der Waals surface area (Å²) < 4.78 is 64.5. The van der Waals surface area contributed by atoms with E-state index in [1.807, 2.05) is 0 Å². The van der Waals surface area contributed by atoms with E-state index in [1.54, 1.807) is 0 Å². The summed E-state index contributed by atoms with van der Waals surface area (Å²) in [5.74, 6) is -8.03. The van der Waals surface area contributed by atoms with Gasteiger partial charge in [0.25, 0.3) is 0 Å². The number of nitrogens with zero attached hydrogens (tertiary/aromatic N) is 2. The molecule has 1 rings (SSSR count). The van der Waals surface area contributed by atoms with E-state index in [0.717, 1.165) is 0 Å². The van der Waals surface area contributed by atoms with Gasteiger partial charge in [-0.05, 0) is 6.92 Å². The average molecular weight is 259 g/mol. The van der Waals surface area contributed by atoms with Crippen molar-refractivity contribution in [3.63, 3.8) is 0 Å². The van der Waals surface area contributed by atoms with Gasteiger partial charge >= 0.3 is 18.0 Å². The van der Waals surface area contributed by atoms with Crippen LogP contribution in [0.25, 0.3) is 0 Å². The fraction of sp³-hybridized carbons (Fsp3) is 0.571. The van der Waals surface area contributed by atoms with Crippen LogP contribution in [0.4, 0.5) is 22.0 Å². The molecule has 0 bridgehead atoms. The van der Waals surface area contributed by atoms with Crippen molar-refractivity contribution in [3.8, 4) is 0 Å². The number of amides is 1. The lowest BCUT2D eigenvalue weighted by Crippen LogP contribution is -2.50. The number of aromatic nitrogens is 2. The molecule has 0 saturated heterocycles. The van der Waals surface area contributed by atoms with Gasteiger partial charge in [0.15, 0.2) is 5.82 Å². The molecular formula is C7H6F5N3O2. The van der Waals surface area contributed by atoms with E-state index in [9.17, 15) is 26.7 Å². The van der Waals surface area contributed by atoms with E-state index >= 15 is 0 Å². The molecule has 96 valence electrons. The van der Waals surface area contributed by atoms with Crippen molar-refractivity contribution in [2.75, 3.05) is 0 Å². The lowest BCUT2D eigenvalue weighted by molar-refractivity contribution is -0.269. The lowest BCUT2D eigenvalue weighted by atomic mass is 10.3. The molecule has 1 heterocycles. The zero-order valence-corrected chi connectivity index (χ0v) is 8.31. The Morgan fingerprint density at radius 1 is 1.35 bits per heavy atom. The normalized spacial score (nSPS) is 12.6. The molecule has 0 saturated carbocycles. The van der Waals surface area contributed by atoms with E-state index in [2.05, 4.69) is 14.7 Å². The molecule has 1 aromatic rings. The summed E-state index contributed by atoms with van der Waals surface area (Å²) in [6, 6.07) is 0. The Morgan fingerprint density at radius 3 is 2.35 bits per heavy atom. The van der Waals surface area contributed by atoms with Crippen LogP contribution in [0.3, 0.4) is 0 Å². The van der Waals surface area contributed by atoms with Crippen molar-refractivity contribution in [2.45, 2.75) is 25.6 Å². The predicted octanol–water partition coefficient (Wildman–Crippen LogP) is 1.19. The van der Waals surface area contributed by atoms with E-state index < -0.39 is 24.6 Å². The molecule has 1 N–H and O–H groups in total. The minimum Gasteiger partial charge on any atom is -0.341 e. The Morgan fingerprint density at radius 2 is 1.94 bits per heavy atom. The largest absolute Gasteiger partial charge is 0.463 e. The van der Waals surface area contributed by atoms with Gasteiger partial charge in [-0.1, -0.05) is 5.16 Å². The Kier molecular flexibility index (Phi) is 3.34. The monoisotopic (exact) mass is 259 g/mol. The van der Waals surface area contributed by atoms with Gasteiger partial charge in [0, 0.05) is 0 Å². The molecule has 10 heteroatoms. The Hall–Kier alpha value is -1.74. The molecule has 0 aliphatic heterocycles. The number of carbonyl (C=O) groups excluding carboxylic acids is 1. The fourth-order valence-corrected chi connectivity index (χ4v) is 0.807. The summed E-state index contributed by atoms with van der Waals surface area (Å²) in [6.45, 7) is 0.713. The van der Waals surface area contributed by atoms with Crippen LogP contribution in [0.15, 0.2) is 4.52 Å². The number of aryl methyl sites for hydroxylation is 1. The standard InChI is InChI=1S/C7H6F5N3O2/c1-3-14-4(17-15-3)2-13-5(16)6(8,9)7(10,11)12/h2H2,1H3,(H,13,16). The highest BCUT2D eigenvalue weighted by atomic mass is 19.4. The highest BCUT2D eigenvalue weighted by Gasteiger charge is 2.63. The predicted molar refractivity (Wildman–Crippen MR) is 41.9 cm³/mol. The number of rotatable bonds is 3. The van der Waals surface area contributed by atoms with Crippen molar-refractivity contribution in [1.82, 2.24) is 15.5 Å². The summed E-state index contributed by atoms with van der Waals surface area (Å²) in [5.41, 5.74) is 0. The van der Waals surface area contributed by atoms with Gasteiger partial charge in [-0.2, -0.15) is 26.9 Å². The minimum atomic E-state index is -5.94. The summed E-state index contributed by atoms with van der Waals surface area (Å²) in [6.07, 6.45) is -5.94. The third-order valence-corrected chi connectivity index (χ3v) is 1.61. The number of carbonyl (C=O) groups is 1. The Bertz CT molecular complexity index is 414. The first-order valence-electron chi connectivity index (χ1n) is 4.16. The van der Waals surface area contributed by atoms with Crippen LogP contribution in [-0.2, 0) is 11.3 Å². The molecule has 0 unspecified atom stereocenters. The molecule has 1 amide bonds. The molecule has 0 radical (unpaired) electrons. The van der Waals surface area contributed by atoms with Gasteiger partial charge < -0.3 is 9.84 Å². The Balaban J connectivity index is 2.61. The maximum Gasteiger partial charge on any atom is 0.463 e. The highest BCUT2D eigenvalue weighted by Crippen LogP contribution is 2.35. The second-order valence-corrected chi connectivity index (χ2v) is 2.99. The van der Waals surface area contributed by atoms with Gasteiger partial charge in [-0.3, -0.25) is 4.79 Å². The maximum absolute atomic E-state index is 12.4. The molecule has 17 heavy (non-hydrogen) atoms. The molecule has 0 aliphatic rings. The summed E-state index contributed by atoms with van der Waals surface area (Å²) in [7, 11) is 0.